The molecule has 1 spiro atoms. The Bertz CT molecular complexity index is 592. The summed E-state index contributed by atoms with van der Waals surface area (Å²) < 4.78 is 38.6. The average Bonchev–Trinajstić information content (AvgIpc) is 3.00. The predicted molar refractivity (Wildman–Crippen MR) is 90.2 cm³/mol. The van der Waals surface area contributed by atoms with E-state index in [9.17, 15) is 13.2 Å². The van der Waals surface area contributed by atoms with Crippen LogP contribution in [0.15, 0.2) is 18.5 Å². The van der Waals surface area contributed by atoms with Gasteiger partial charge in [0.1, 0.15) is 0 Å². The number of halogens is 3. The Hall–Kier alpha value is -0.750. The van der Waals surface area contributed by atoms with Crippen molar-refractivity contribution in [1.82, 2.24) is 9.88 Å². The van der Waals surface area contributed by atoms with Crippen molar-refractivity contribution in [3.63, 3.8) is 0 Å². The lowest BCUT2D eigenvalue weighted by Crippen LogP contribution is -2.42. The predicted octanol–water partition coefficient (Wildman–Crippen LogP) is 4.57. The van der Waals surface area contributed by atoms with E-state index in [1.807, 2.05) is 0 Å². The number of pyridine rings is 1. The van der Waals surface area contributed by atoms with Crippen molar-refractivity contribution < 1.29 is 13.2 Å². The van der Waals surface area contributed by atoms with Crippen molar-refractivity contribution in [2.24, 2.45) is 5.41 Å². The van der Waals surface area contributed by atoms with Crippen molar-refractivity contribution in [1.29, 1.82) is 0 Å². The van der Waals surface area contributed by atoms with Gasteiger partial charge < -0.3 is 0 Å². The maximum Gasteiger partial charge on any atom is 0.417 e. The molecule has 3 heterocycles. The molecule has 0 N–H and O–H groups in total. The molecule has 0 aromatic carbocycles. The Morgan fingerprint density at radius 1 is 1.12 bits per heavy atom. The van der Waals surface area contributed by atoms with Gasteiger partial charge >= 0.3 is 6.18 Å². The second kappa shape index (κ2) is 6.20. The van der Waals surface area contributed by atoms with Crippen LogP contribution >= 0.6 is 11.8 Å². The molecule has 0 radical (unpaired) electrons. The molecule has 1 aromatic rings. The first-order valence-electron chi connectivity index (χ1n) is 8.79. The van der Waals surface area contributed by atoms with E-state index in [1.165, 1.54) is 37.1 Å². The molecular weight excluding hydrogens is 333 g/mol. The highest BCUT2D eigenvalue weighted by Gasteiger charge is 2.45. The third-order valence-electron chi connectivity index (χ3n) is 6.06. The molecule has 24 heavy (non-hydrogen) atoms. The zero-order valence-electron chi connectivity index (χ0n) is 13.7. The fourth-order valence-electron chi connectivity index (χ4n) is 4.52. The number of hydrogen-bond donors (Lipinski definition) is 0. The molecule has 2 nitrogen and oxygen atoms in total. The van der Waals surface area contributed by atoms with Gasteiger partial charge in [-0.05, 0) is 56.2 Å². The van der Waals surface area contributed by atoms with Crippen LogP contribution in [0.2, 0.25) is 0 Å². The minimum atomic E-state index is -4.30. The lowest BCUT2D eigenvalue weighted by Gasteiger charge is -2.40. The van der Waals surface area contributed by atoms with Gasteiger partial charge in [0.25, 0.3) is 0 Å². The van der Waals surface area contributed by atoms with Gasteiger partial charge in [-0.25, -0.2) is 0 Å². The van der Waals surface area contributed by atoms with Crippen molar-refractivity contribution >= 4 is 11.8 Å². The van der Waals surface area contributed by atoms with Crippen LogP contribution in [0.25, 0.3) is 0 Å². The van der Waals surface area contributed by atoms with Crippen LogP contribution in [0, 0.1) is 5.41 Å². The molecule has 132 valence electrons. The van der Waals surface area contributed by atoms with Gasteiger partial charge in [0.2, 0.25) is 0 Å². The Kier molecular flexibility index (Phi) is 4.32. The molecule has 2 saturated heterocycles. The van der Waals surface area contributed by atoms with Crippen LogP contribution in [0.1, 0.15) is 49.1 Å². The second-order valence-corrected chi connectivity index (χ2v) is 8.71. The number of likely N-dealkylation sites (tertiary alicyclic amines) is 1. The number of thioether (sulfide) groups is 1. The molecule has 1 aromatic heterocycles. The average molecular weight is 356 g/mol. The van der Waals surface area contributed by atoms with E-state index in [-0.39, 0.29) is 5.92 Å². The molecule has 1 aliphatic carbocycles. The fraction of sp³-hybridized carbons (Fsp3) is 0.722. The third-order valence-corrected chi connectivity index (χ3v) is 7.69. The lowest BCUT2D eigenvalue weighted by molar-refractivity contribution is -0.137. The maximum absolute atomic E-state index is 12.9. The SMILES string of the molecule is FC(F)(F)c1cncc(C2CCC(N3CCC4(CSC4)C3)CC2)c1. The first-order valence-corrected chi connectivity index (χ1v) is 9.95. The van der Waals surface area contributed by atoms with Crippen molar-refractivity contribution in [2.75, 3.05) is 24.6 Å². The lowest BCUT2D eigenvalue weighted by atomic mass is 9.81. The Balaban J connectivity index is 1.36. The van der Waals surface area contributed by atoms with Crippen LogP contribution in [-0.2, 0) is 6.18 Å². The number of aromatic nitrogens is 1. The first kappa shape index (κ1) is 16.7. The summed E-state index contributed by atoms with van der Waals surface area (Å²) in [6, 6.07) is 1.93. The molecule has 0 unspecified atom stereocenters. The van der Waals surface area contributed by atoms with Crippen LogP contribution in [0.4, 0.5) is 13.2 Å². The Labute approximate surface area is 145 Å². The van der Waals surface area contributed by atoms with E-state index in [2.05, 4.69) is 21.6 Å². The van der Waals surface area contributed by atoms with E-state index in [1.54, 1.807) is 6.20 Å². The summed E-state index contributed by atoms with van der Waals surface area (Å²) in [7, 11) is 0. The van der Waals surface area contributed by atoms with E-state index in [0.29, 0.717) is 11.5 Å². The van der Waals surface area contributed by atoms with Gasteiger partial charge in [-0.15, -0.1) is 0 Å². The van der Waals surface area contributed by atoms with Crippen molar-refractivity contribution in [2.45, 2.75) is 50.2 Å². The normalized spacial score (nSPS) is 30.5. The monoisotopic (exact) mass is 356 g/mol. The van der Waals surface area contributed by atoms with Crippen LogP contribution in [0.3, 0.4) is 0 Å². The third kappa shape index (κ3) is 3.19. The molecule has 0 bridgehead atoms. The summed E-state index contributed by atoms with van der Waals surface area (Å²) in [6.07, 6.45) is 3.74. The van der Waals surface area contributed by atoms with Gasteiger partial charge in [-0.1, -0.05) is 0 Å². The second-order valence-electron chi connectivity index (χ2n) is 7.72. The number of hydrogen-bond acceptors (Lipinski definition) is 3. The Morgan fingerprint density at radius 3 is 2.46 bits per heavy atom. The molecule has 0 atom stereocenters. The first-order chi connectivity index (χ1) is 11.5. The van der Waals surface area contributed by atoms with E-state index < -0.39 is 11.7 Å². The molecule has 0 amide bonds. The molecular formula is C18H23F3N2S. The smallest absolute Gasteiger partial charge is 0.300 e. The quantitative estimate of drug-likeness (QED) is 0.772. The summed E-state index contributed by atoms with van der Waals surface area (Å²) in [4.78, 5) is 6.48. The highest BCUT2D eigenvalue weighted by atomic mass is 32.2. The molecule has 1 saturated carbocycles. The molecule has 2 aliphatic heterocycles. The zero-order valence-corrected chi connectivity index (χ0v) is 14.5. The number of rotatable bonds is 2. The number of alkyl halides is 3. The standard InChI is InChI=1S/C18H23F3N2S/c19-18(20,21)15-7-14(8-22-9-15)13-1-3-16(4-2-13)23-6-5-17(10-23)11-24-12-17/h7-9,13,16H,1-6,10-12H2. The van der Waals surface area contributed by atoms with Gasteiger partial charge in [0, 0.05) is 41.9 Å². The summed E-state index contributed by atoms with van der Waals surface area (Å²) in [6.45, 7) is 2.45. The van der Waals surface area contributed by atoms with E-state index >= 15 is 0 Å². The fourth-order valence-corrected chi connectivity index (χ4v) is 5.77. The topological polar surface area (TPSA) is 16.1 Å². The summed E-state index contributed by atoms with van der Waals surface area (Å²) in [5.74, 6) is 2.86. The molecule has 4 rings (SSSR count). The van der Waals surface area contributed by atoms with Gasteiger partial charge in [-0.2, -0.15) is 24.9 Å². The van der Waals surface area contributed by atoms with Crippen molar-refractivity contribution in [3.8, 4) is 0 Å². The minimum absolute atomic E-state index is 0.229. The largest absolute Gasteiger partial charge is 0.417 e. The van der Waals surface area contributed by atoms with Crippen LogP contribution < -0.4 is 0 Å². The highest BCUT2D eigenvalue weighted by molar-refractivity contribution is 8.00. The maximum atomic E-state index is 12.9. The summed E-state index contributed by atoms with van der Waals surface area (Å²) in [5.41, 5.74) is 0.731. The van der Waals surface area contributed by atoms with E-state index in [4.69, 9.17) is 0 Å². The minimum Gasteiger partial charge on any atom is -0.300 e. The summed E-state index contributed by atoms with van der Waals surface area (Å²) >= 11 is 2.06. The zero-order chi connectivity index (χ0) is 16.8. The summed E-state index contributed by atoms with van der Waals surface area (Å²) in [5, 5.41) is 0. The van der Waals surface area contributed by atoms with E-state index in [0.717, 1.165) is 37.4 Å². The van der Waals surface area contributed by atoms with Crippen LogP contribution in [-0.4, -0.2) is 40.5 Å². The molecule has 3 fully saturated rings. The molecule has 3 aliphatic rings. The molecule has 6 heteroatoms. The van der Waals surface area contributed by atoms with Gasteiger partial charge in [0.05, 0.1) is 5.56 Å². The van der Waals surface area contributed by atoms with Crippen molar-refractivity contribution in [3.05, 3.63) is 29.6 Å². The Morgan fingerprint density at radius 2 is 1.88 bits per heavy atom. The van der Waals surface area contributed by atoms with Gasteiger partial charge in [-0.3, -0.25) is 9.88 Å². The van der Waals surface area contributed by atoms with Gasteiger partial charge in [0.15, 0.2) is 0 Å². The number of nitrogens with zero attached hydrogens (tertiary/aromatic N) is 2. The van der Waals surface area contributed by atoms with Crippen LogP contribution in [0.5, 0.6) is 0 Å². The highest BCUT2D eigenvalue weighted by Crippen LogP contribution is 2.47.